The molecule has 1 aromatic carbocycles. The van der Waals surface area contributed by atoms with Gasteiger partial charge in [-0.1, -0.05) is 13.0 Å². The summed E-state index contributed by atoms with van der Waals surface area (Å²) in [6, 6.07) is 5.83. The van der Waals surface area contributed by atoms with Gasteiger partial charge < -0.3 is 25.4 Å². The van der Waals surface area contributed by atoms with Crippen molar-refractivity contribution in [3.8, 4) is 11.5 Å². The minimum absolute atomic E-state index is 0. The molecule has 0 spiro atoms. The summed E-state index contributed by atoms with van der Waals surface area (Å²) < 4.78 is 11.3. The van der Waals surface area contributed by atoms with E-state index < -0.39 is 0 Å². The highest BCUT2D eigenvalue weighted by molar-refractivity contribution is 5.85. The summed E-state index contributed by atoms with van der Waals surface area (Å²) >= 11 is 0. The van der Waals surface area contributed by atoms with E-state index in [0.29, 0.717) is 18.1 Å². The predicted octanol–water partition coefficient (Wildman–Crippen LogP) is 3.31. The van der Waals surface area contributed by atoms with Crippen LogP contribution in [-0.4, -0.2) is 44.3 Å². The number of hydrogen-bond acceptors (Lipinski definition) is 5. The van der Waals surface area contributed by atoms with Crippen LogP contribution in [0.5, 0.6) is 11.5 Å². The second-order valence-corrected chi connectivity index (χ2v) is 7.18. The van der Waals surface area contributed by atoms with E-state index in [4.69, 9.17) is 9.47 Å². The SMILES string of the molecule is CCNCCCNCc1ccc(OCC(=O)NC(C)(C)C)c(OCC)c1.Cl.Cl. The van der Waals surface area contributed by atoms with Crippen molar-refractivity contribution in [3.05, 3.63) is 23.8 Å². The van der Waals surface area contributed by atoms with Crippen LogP contribution in [0.15, 0.2) is 18.2 Å². The largest absolute Gasteiger partial charge is 0.490 e. The van der Waals surface area contributed by atoms with E-state index in [1.165, 1.54) is 0 Å². The minimum Gasteiger partial charge on any atom is -0.490 e. The number of amides is 1. The molecule has 3 N–H and O–H groups in total. The Morgan fingerprint density at radius 3 is 2.29 bits per heavy atom. The molecule has 0 aliphatic heterocycles. The van der Waals surface area contributed by atoms with Gasteiger partial charge in [-0.3, -0.25) is 4.79 Å². The average molecular weight is 438 g/mol. The fourth-order valence-corrected chi connectivity index (χ4v) is 2.40. The fraction of sp³-hybridized carbons (Fsp3) is 0.650. The second kappa shape index (κ2) is 15.7. The van der Waals surface area contributed by atoms with Gasteiger partial charge in [-0.2, -0.15) is 0 Å². The van der Waals surface area contributed by atoms with Gasteiger partial charge in [0.05, 0.1) is 6.61 Å². The van der Waals surface area contributed by atoms with Crippen molar-refractivity contribution in [2.75, 3.05) is 32.8 Å². The quantitative estimate of drug-likeness (QED) is 0.437. The third-order valence-corrected chi connectivity index (χ3v) is 3.47. The average Bonchev–Trinajstić information content (AvgIpc) is 2.56. The van der Waals surface area contributed by atoms with Crippen LogP contribution in [0.1, 0.15) is 46.6 Å². The summed E-state index contributed by atoms with van der Waals surface area (Å²) in [6.45, 7) is 14.2. The number of halogens is 2. The molecule has 0 unspecified atom stereocenters. The molecule has 0 bridgehead atoms. The van der Waals surface area contributed by atoms with Gasteiger partial charge in [-0.25, -0.2) is 0 Å². The Kier molecular flexibility index (Phi) is 16.2. The number of carbonyl (C=O) groups excluding carboxylic acids is 1. The molecule has 0 saturated carbocycles. The first kappa shape index (κ1) is 29.0. The monoisotopic (exact) mass is 437 g/mol. The number of hydrogen-bond donors (Lipinski definition) is 3. The van der Waals surface area contributed by atoms with Gasteiger partial charge in [-0.05, 0) is 71.4 Å². The lowest BCUT2D eigenvalue weighted by Crippen LogP contribution is -2.43. The highest BCUT2D eigenvalue weighted by Gasteiger charge is 2.15. The van der Waals surface area contributed by atoms with Crippen molar-refractivity contribution >= 4 is 30.7 Å². The fourth-order valence-electron chi connectivity index (χ4n) is 2.40. The zero-order valence-electron chi connectivity index (χ0n) is 17.7. The number of benzene rings is 1. The predicted molar refractivity (Wildman–Crippen MR) is 120 cm³/mol. The topological polar surface area (TPSA) is 71.6 Å². The van der Waals surface area contributed by atoms with Crippen molar-refractivity contribution in [1.29, 1.82) is 0 Å². The van der Waals surface area contributed by atoms with Gasteiger partial charge in [0, 0.05) is 12.1 Å². The van der Waals surface area contributed by atoms with Crippen molar-refractivity contribution in [3.63, 3.8) is 0 Å². The zero-order chi connectivity index (χ0) is 19.4. The summed E-state index contributed by atoms with van der Waals surface area (Å²) in [5.41, 5.74) is 0.856. The van der Waals surface area contributed by atoms with Crippen LogP contribution in [0.25, 0.3) is 0 Å². The maximum absolute atomic E-state index is 11.9. The number of nitrogens with one attached hydrogen (secondary N) is 3. The first-order chi connectivity index (χ1) is 12.4. The Morgan fingerprint density at radius 2 is 1.68 bits per heavy atom. The van der Waals surface area contributed by atoms with E-state index in [9.17, 15) is 4.79 Å². The highest BCUT2D eigenvalue weighted by Crippen LogP contribution is 2.28. The number of ether oxygens (including phenoxy) is 2. The second-order valence-electron chi connectivity index (χ2n) is 7.18. The maximum atomic E-state index is 11.9. The van der Waals surface area contributed by atoms with Crippen LogP contribution in [0.3, 0.4) is 0 Å². The molecule has 0 aromatic heterocycles. The molecule has 1 amide bonds. The van der Waals surface area contributed by atoms with Gasteiger partial charge in [0.25, 0.3) is 5.91 Å². The first-order valence-electron chi connectivity index (χ1n) is 9.46. The van der Waals surface area contributed by atoms with Gasteiger partial charge in [-0.15, -0.1) is 24.8 Å². The first-order valence-corrected chi connectivity index (χ1v) is 9.46. The summed E-state index contributed by atoms with van der Waals surface area (Å²) in [6.07, 6.45) is 1.09. The van der Waals surface area contributed by atoms with Crippen molar-refractivity contribution in [2.24, 2.45) is 0 Å². The van der Waals surface area contributed by atoms with E-state index >= 15 is 0 Å². The van der Waals surface area contributed by atoms with Crippen LogP contribution < -0.4 is 25.4 Å². The Bertz CT molecular complexity index is 552. The molecule has 0 heterocycles. The van der Waals surface area contributed by atoms with Crippen molar-refractivity contribution in [1.82, 2.24) is 16.0 Å². The molecular formula is C20H37Cl2N3O3. The summed E-state index contributed by atoms with van der Waals surface area (Å²) in [4.78, 5) is 11.9. The van der Waals surface area contributed by atoms with Crippen molar-refractivity contribution < 1.29 is 14.3 Å². The smallest absolute Gasteiger partial charge is 0.258 e. The molecular weight excluding hydrogens is 401 g/mol. The number of carbonyl (C=O) groups is 1. The highest BCUT2D eigenvalue weighted by atomic mass is 35.5. The van der Waals surface area contributed by atoms with Crippen LogP contribution in [0.4, 0.5) is 0 Å². The lowest BCUT2D eigenvalue weighted by atomic mass is 10.1. The molecule has 6 nitrogen and oxygen atoms in total. The Morgan fingerprint density at radius 1 is 1.00 bits per heavy atom. The number of rotatable bonds is 12. The van der Waals surface area contributed by atoms with Gasteiger partial charge in [0.1, 0.15) is 0 Å². The summed E-state index contributed by atoms with van der Waals surface area (Å²) in [7, 11) is 0. The van der Waals surface area contributed by atoms with Crippen LogP contribution in [-0.2, 0) is 11.3 Å². The molecule has 164 valence electrons. The van der Waals surface area contributed by atoms with E-state index in [0.717, 1.165) is 38.2 Å². The minimum atomic E-state index is -0.272. The third kappa shape index (κ3) is 13.0. The Balaban J connectivity index is 0. The van der Waals surface area contributed by atoms with Crippen LogP contribution in [0.2, 0.25) is 0 Å². The molecule has 0 atom stereocenters. The lowest BCUT2D eigenvalue weighted by Gasteiger charge is -2.21. The molecule has 1 aromatic rings. The Hall–Kier alpha value is -1.21. The third-order valence-electron chi connectivity index (χ3n) is 3.47. The summed E-state index contributed by atoms with van der Waals surface area (Å²) in [5, 5.41) is 9.61. The van der Waals surface area contributed by atoms with Crippen LogP contribution in [0, 0.1) is 0 Å². The van der Waals surface area contributed by atoms with E-state index in [1.807, 2.05) is 45.9 Å². The molecule has 0 aliphatic rings. The molecule has 8 heteroatoms. The molecule has 0 fully saturated rings. The van der Waals surface area contributed by atoms with E-state index in [2.05, 4.69) is 22.9 Å². The molecule has 0 radical (unpaired) electrons. The Labute approximate surface area is 182 Å². The molecule has 0 aliphatic carbocycles. The summed E-state index contributed by atoms with van der Waals surface area (Å²) in [5.74, 6) is 1.11. The van der Waals surface area contributed by atoms with Gasteiger partial charge >= 0.3 is 0 Å². The maximum Gasteiger partial charge on any atom is 0.258 e. The lowest BCUT2D eigenvalue weighted by molar-refractivity contribution is -0.124. The normalized spacial score (nSPS) is 10.5. The molecule has 0 saturated heterocycles. The standard InChI is InChI=1S/C20H35N3O3.2ClH/c1-6-21-11-8-12-22-14-16-9-10-17(18(13-16)25-7-2)26-15-19(24)23-20(3,4)5;;/h9-10,13,21-22H,6-8,11-12,14-15H2,1-5H3,(H,23,24);2*1H. The zero-order valence-corrected chi connectivity index (χ0v) is 19.4. The molecule has 1 rings (SSSR count). The van der Waals surface area contributed by atoms with Gasteiger partial charge in [0.15, 0.2) is 18.1 Å². The van der Waals surface area contributed by atoms with Crippen LogP contribution >= 0.6 is 24.8 Å². The molecule has 28 heavy (non-hydrogen) atoms. The van der Waals surface area contributed by atoms with E-state index in [-0.39, 0.29) is 42.9 Å². The van der Waals surface area contributed by atoms with Crippen molar-refractivity contribution in [2.45, 2.75) is 53.1 Å². The van der Waals surface area contributed by atoms with Gasteiger partial charge in [0.2, 0.25) is 0 Å². The van der Waals surface area contributed by atoms with E-state index in [1.54, 1.807) is 0 Å².